The number of unbranched alkanes of at least 4 members (excludes halogenated alkanes) is 4. The van der Waals surface area contributed by atoms with Crippen LogP contribution in [0.1, 0.15) is 99.8 Å². The molecule has 0 aliphatic heterocycles. The summed E-state index contributed by atoms with van der Waals surface area (Å²) in [5, 5.41) is 20.5. The van der Waals surface area contributed by atoms with Crippen LogP contribution in [-0.4, -0.2) is 64.1 Å². The van der Waals surface area contributed by atoms with Crippen LogP contribution >= 0.6 is 0 Å². The number of carbonyl (C=O) groups is 2. The molecule has 0 radical (unpaired) electrons. The molecule has 0 saturated carbocycles. The van der Waals surface area contributed by atoms with Crippen LogP contribution in [0.5, 0.6) is 0 Å². The summed E-state index contributed by atoms with van der Waals surface area (Å²) in [6.45, 7) is 12.5. The highest BCUT2D eigenvalue weighted by Gasteiger charge is 2.17. The Morgan fingerprint density at radius 2 is 0.840 bits per heavy atom. The summed E-state index contributed by atoms with van der Waals surface area (Å²) in [5.41, 5.74) is 1.54. The number of carboxylic acid groups (broad SMARTS) is 2. The van der Waals surface area contributed by atoms with Crippen LogP contribution in [0.15, 0.2) is 82.6 Å². The fraction of sp³-hybridized carbons (Fsp3) is 0.444. The van der Waals surface area contributed by atoms with Gasteiger partial charge in [-0.1, -0.05) is 83.7 Å². The zero-order valence-electron chi connectivity index (χ0n) is 29.4. The van der Waals surface area contributed by atoms with E-state index < -0.39 is 32.2 Å². The minimum Gasteiger partial charge on any atom is -0.545 e. The quantitative estimate of drug-likeness (QED) is 0.141. The van der Waals surface area contributed by atoms with Crippen LogP contribution in [0.3, 0.4) is 0 Å². The number of carbonyl (C=O) groups excluding carboxylic acids is 2. The summed E-state index contributed by atoms with van der Waals surface area (Å²) in [6.07, 6.45) is 8.90. The molecule has 0 aliphatic rings. The molecular formula is C36H52N2O10S2. The van der Waals surface area contributed by atoms with E-state index in [-0.39, 0.29) is 20.9 Å². The SMILES string of the molecule is CCCC[NH+](CCCC)c1cccc(S(=O)(=O)O)c1.CCCC[NH+](CCCC)c1cccc(S(=O)(=O)O)c1.O=C([O-])c1cccc(C(=O)[O-])c1. The molecule has 0 aliphatic carbocycles. The van der Waals surface area contributed by atoms with Crippen molar-refractivity contribution < 1.29 is 55.5 Å². The molecule has 3 aromatic rings. The van der Waals surface area contributed by atoms with Gasteiger partial charge in [-0.05, 0) is 67.1 Å². The number of aromatic carboxylic acids is 2. The Labute approximate surface area is 297 Å². The zero-order valence-corrected chi connectivity index (χ0v) is 31.0. The number of benzene rings is 3. The second-order valence-electron chi connectivity index (χ2n) is 11.8. The van der Waals surface area contributed by atoms with Crippen LogP contribution in [-0.2, 0) is 20.2 Å². The Hall–Kier alpha value is -3.66. The third-order valence-corrected chi connectivity index (χ3v) is 9.44. The molecule has 3 aromatic carbocycles. The van der Waals surface area contributed by atoms with Gasteiger partial charge >= 0.3 is 0 Å². The Morgan fingerprint density at radius 3 is 1.10 bits per heavy atom. The molecule has 0 spiro atoms. The number of carboxylic acids is 2. The normalized spacial score (nSPS) is 11.4. The van der Waals surface area contributed by atoms with E-state index >= 15 is 0 Å². The zero-order chi connectivity index (χ0) is 37.7. The predicted molar refractivity (Wildman–Crippen MR) is 188 cm³/mol. The first-order valence-electron chi connectivity index (χ1n) is 17.0. The van der Waals surface area contributed by atoms with Crippen molar-refractivity contribution >= 4 is 43.5 Å². The van der Waals surface area contributed by atoms with Gasteiger partial charge in [-0.15, -0.1) is 0 Å². The van der Waals surface area contributed by atoms with E-state index in [1.807, 2.05) is 12.1 Å². The lowest BCUT2D eigenvalue weighted by Crippen LogP contribution is -3.07. The van der Waals surface area contributed by atoms with Crippen LogP contribution in [0, 0.1) is 0 Å². The van der Waals surface area contributed by atoms with Crippen molar-refractivity contribution in [2.45, 2.75) is 88.9 Å². The average Bonchev–Trinajstić information content (AvgIpc) is 3.08. The summed E-state index contributed by atoms with van der Waals surface area (Å²) < 4.78 is 62.9. The van der Waals surface area contributed by atoms with E-state index in [1.165, 1.54) is 40.1 Å². The van der Waals surface area contributed by atoms with Crippen LogP contribution in [0.2, 0.25) is 0 Å². The molecule has 0 bridgehead atoms. The van der Waals surface area contributed by atoms with Gasteiger partial charge in [-0.2, -0.15) is 16.8 Å². The highest BCUT2D eigenvalue weighted by molar-refractivity contribution is 7.86. The fourth-order valence-electron chi connectivity index (χ4n) is 4.91. The van der Waals surface area contributed by atoms with Gasteiger partial charge in [-0.25, -0.2) is 0 Å². The summed E-state index contributed by atoms with van der Waals surface area (Å²) in [7, 11) is -8.23. The van der Waals surface area contributed by atoms with E-state index in [4.69, 9.17) is 9.11 Å². The molecule has 12 nitrogen and oxygen atoms in total. The van der Waals surface area contributed by atoms with Crippen molar-refractivity contribution in [2.75, 3.05) is 26.2 Å². The first-order valence-corrected chi connectivity index (χ1v) is 19.8. The highest BCUT2D eigenvalue weighted by atomic mass is 32.2. The molecule has 0 fully saturated rings. The minimum absolute atomic E-state index is 0.0181. The maximum atomic E-state index is 11.2. The largest absolute Gasteiger partial charge is 0.545 e. The Bertz CT molecular complexity index is 1560. The van der Waals surface area contributed by atoms with Crippen molar-refractivity contribution in [3.05, 3.63) is 83.9 Å². The lowest BCUT2D eigenvalue weighted by atomic mass is 10.1. The Balaban J connectivity index is 0.000000385. The predicted octanol–water partition coefficient (Wildman–Crippen LogP) is 2.51. The molecule has 3 rings (SSSR count). The van der Waals surface area contributed by atoms with E-state index in [0.717, 1.165) is 95.0 Å². The monoisotopic (exact) mass is 736 g/mol. The molecule has 0 atom stereocenters. The second-order valence-corrected chi connectivity index (χ2v) is 14.6. The van der Waals surface area contributed by atoms with E-state index in [2.05, 4.69) is 27.7 Å². The second kappa shape index (κ2) is 22.9. The molecule has 0 unspecified atom stereocenters. The Kier molecular flexibility index (Phi) is 20.4. The standard InChI is InChI=1S/2C14H23NO3S.C8H6O4/c2*1-3-5-10-15(11-6-4-2)13-8-7-9-14(12-13)19(16,17)18;9-7(10)5-2-1-3-6(4-5)8(11)12/h2*7-9,12H,3-6,10-11H2,1-2H3,(H,16,17,18);1-4H,(H,9,10)(H,11,12). The maximum Gasteiger partial charge on any atom is 0.294 e. The van der Waals surface area contributed by atoms with Crippen molar-refractivity contribution in [3.8, 4) is 0 Å². The molecule has 0 aromatic heterocycles. The smallest absolute Gasteiger partial charge is 0.294 e. The lowest BCUT2D eigenvalue weighted by molar-refractivity contribution is -0.833. The molecule has 50 heavy (non-hydrogen) atoms. The van der Waals surface area contributed by atoms with Gasteiger partial charge < -0.3 is 29.6 Å². The molecule has 0 amide bonds. The van der Waals surface area contributed by atoms with Crippen LogP contribution in [0.25, 0.3) is 0 Å². The van der Waals surface area contributed by atoms with Gasteiger partial charge in [0.25, 0.3) is 20.2 Å². The van der Waals surface area contributed by atoms with Crippen molar-refractivity contribution in [1.82, 2.24) is 0 Å². The molecular weight excluding hydrogens is 685 g/mol. The minimum atomic E-state index is -4.11. The Morgan fingerprint density at radius 1 is 0.540 bits per heavy atom. The van der Waals surface area contributed by atoms with Gasteiger partial charge in [0, 0.05) is 12.1 Å². The van der Waals surface area contributed by atoms with Gasteiger partial charge in [0.05, 0.1) is 47.9 Å². The topological polar surface area (TPSA) is 198 Å². The number of rotatable bonds is 18. The van der Waals surface area contributed by atoms with Crippen LogP contribution < -0.4 is 20.0 Å². The van der Waals surface area contributed by atoms with Gasteiger partial charge in [0.15, 0.2) is 0 Å². The lowest BCUT2D eigenvalue weighted by Gasteiger charge is -2.19. The van der Waals surface area contributed by atoms with Crippen LogP contribution in [0.4, 0.5) is 11.4 Å². The van der Waals surface area contributed by atoms with Crippen molar-refractivity contribution in [2.24, 2.45) is 0 Å². The van der Waals surface area contributed by atoms with Gasteiger partial charge in [0.2, 0.25) is 0 Å². The third-order valence-electron chi connectivity index (χ3n) is 7.74. The number of quaternary nitrogens is 2. The molecule has 4 N–H and O–H groups in total. The molecule has 0 heterocycles. The fourth-order valence-corrected chi connectivity index (χ4v) is 5.97. The van der Waals surface area contributed by atoms with E-state index in [1.54, 1.807) is 24.3 Å². The third kappa shape index (κ3) is 16.8. The molecule has 278 valence electrons. The number of nitrogens with one attached hydrogen (secondary N) is 2. The van der Waals surface area contributed by atoms with Gasteiger partial charge in [0.1, 0.15) is 11.4 Å². The van der Waals surface area contributed by atoms with Crippen molar-refractivity contribution in [3.63, 3.8) is 0 Å². The van der Waals surface area contributed by atoms with Gasteiger partial charge in [-0.3, -0.25) is 9.11 Å². The summed E-state index contributed by atoms with van der Waals surface area (Å²) in [5.74, 6) is -2.81. The average molecular weight is 737 g/mol. The van der Waals surface area contributed by atoms with Crippen molar-refractivity contribution in [1.29, 1.82) is 0 Å². The van der Waals surface area contributed by atoms with E-state index in [0.29, 0.717) is 0 Å². The maximum absolute atomic E-state index is 11.2. The summed E-state index contributed by atoms with van der Waals surface area (Å²) in [6, 6.07) is 18.1. The summed E-state index contributed by atoms with van der Waals surface area (Å²) in [4.78, 5) is 23.0. The molecule has 14 heteroatoms. The highest BCUT2D eigenvalue weighted by Crippen LogP contribution is 2.13. The first-order chi connectivity index (χ1) is 23.6. The number of hydrogen-bond donors (Lipinski definition) is 4. The first kappa shape index (κ1) is 44.4. The number of hydrogen-bond acceptors (Lipinski definition) is 8. The summed E-state index contributed by atoms with van der Waals surface area (Å²) >= 11 is 0. The molecule has 0 saturated heterocycles. The van der Waals surface area contributed by atoms with E-state index in [9.17, 15) is 36.6 Å².